The lowest BCUT2D eigenvalue weighted by molar-refractivity contribution is -0.141. The highest BCUT2D eigenvalue weighted by atomic mass is 35.5. The topological polar surface area (TPSA) is 93.5 Å². The Bertz CT molecular complexity index is 1440. The molecule has 10 heteroatoms. The molecule has 3 aromatic rings. The first-order valence-electron chi connectivity index (χ1n) is 12.6. The summed E-state index contributed by atoms with van der Waals surface area (Å²) in [6, 6.07) is 10.9. The molecule has 2 aliphatic rings. The van der Waals surface area contributed by atoms with Gasteiger partial charge in [-0.1, -0.05) is 25.4 Å². The van der Waals surface area contributed by atoms with Crippen LogP contribution in [0, 0.1) is 11.3 Å². The Kier molecular flexibility index (Phi) is 6.75. The summed E-state index contributed by atoms with van der Waals surface area (Å²) in [6.45, 7) is 6.00. The van der Waals surface area contributed by atoms with Gasteiger partial charge in [0.2, 0.25) is 10.0 Å². The molecule has 2 aromatic carbocycles. The first-order chi connectivity index (χ1) is 17.5. The number of halogens is 1. The second kappa shape index (κ2) is 9.60. The fourth-order valence-corrected chi connectivity index (χ4v) is 6.17. The normalized spacial score (nSPS) is 17.1. The zero-order chi connectivity index (χ0) is 26.5. The van der Waals surface area contributed by atoms with E-state index in [1.54, 1.807) is 36.0 Å². The Morgan fingerprint density at radius 3 is 2.43 bits per heavy atom. The van der Waals surface area contributed by atoms with Gasteiger partial charge in [0.1, 0.15) is 5.69 Å². The van der Waals surface area contributed by atoms with Crippen LogP contribution in [0.4, 0.5) is 5.69 Å². The van der Waals surface area contributed by atoms with Crippen LogP contribution in [0.5, 0.6) is 0 Å². The molecule has 1 N–H and O–H groups in total. The molecular weight excluding hydrogens is 512 g/mol. The number of aromatic nitrogens is 2. The van der Waals surface area contributed by atoms with Gasteiger partial charge in [-0.05, 0) is 73.1 Å². The highest BCUT2D eigenvalue weighted by Gasteiger charge is 2.42. The maximum absolute atomic E-state index is 13.1. The van der Waals surface area contributed by atoms with E-state index in [0.29, 0.717) is 65.1 Å². The second-order valence-electron chi connectivity index (χ2n) is 10.6. The number of amides is 1. The van der Waals surface area contributed by atoms with Gasteiger partial charge in [-0.3, -0.25) is 9.10 Å². The summed E-state index contributed by atoms with van der Waals surface area (Å²) in [5.74, 6) is 0.375. The molecule has 1 aliphatic carbocycles. The quantitative estimate of drug-likeness (QED) is 0.420. The Morgan fingerprint density at radius 2 is 1.92 bits per heavy atom. The number of hydrogen-bond donors (Lipinski definition) is 1. The molecule has 0 spiro atoms. The van der Waals surface area contributed by atoms with Crippen molar-refractivity contribution in [2.75, 3.05) is 37.4 Å². The number of sulfonamides is 1. The van der Waals surface area contributed by atoms with E-state index in [4.69, 9.17) is 21.4 Å². The maximum atomic E-state index is 13.1. The number of nitrogens with zero attached hydrogens (tertiary/aromatic N) is 3. The van der Waals surface area contributed by atoms with Crippen LogP contribution in [0.1, 0.15) is 55.1 Å². The minimum atomic E-state index is -3.56. The molecule has 37 heavy (non-hydrogen) atoms. The average molecular weight is 545 g/mol. The number of fused-ring (bicyclic) bond motifs is 1. The van der Waals surface area contributed by atoms with Crippen molar-refractivity contribution in [3.05, 3.63) is 52.7 Å². The molecule has 1 saturated heterocycles. The van der Waals surface area contributed by atoms with E-state index < -0.39 is 10.0 Å². The summed E-state index contributed by atoms with van der Waals surface area (Å²) in [7, 11) is -1.98. The summed E-state index contributed by atoms with van der Waals surface area (Å²) < 4.78 is 34.9. The van der Waals surface area contributed by atoms with Crippen molar-refractivity contribution in [2.24, 2.45) is 11.3 Å². The minimum Gasteiger partial charge on any atom is -0.380 e. The number of carbonyl (C=O) groups is 1. The van der Waals surface area contributed by atoms with E-state index in [2.05, 4.69) is 19.2 Å². The minimum absolute atomic E-state index is 0.0185. The van der Waals surface area contributed by atoms with Crippen LogP contribution >= 0.6 is 11.6 Å². The number of nitrogens with one attached hydrogen (secondary N) is 1. The fourth-order valence-electron chi connectivity index (χ4n) is 5.10. The standard InChI is InChI=1S/C27H33ClN4O4S/c1-17(2)27(15-36-16-27)11-12-31(37(4,34)35)24-14-23-22(13-21(24)18-5-6-18)25(26(33)29-3)32(30-23)20-9-7-19(28)8-10-20/h7-10,13-14,17-18H,5-6,11-12,15-16H2,1-4H3,(H,29,33). The molecule has 0 radical (unpaired) electrons. The van der Waals surface area contributed by atoms with Crippen LogP contribution in [0.3, 0.4) is 0 Å². The molecule has 198 valence electrons. The number of rotatable bonds is 9. The molecular formula is C27H33ClN4O4S. The summed E-state index contributed by atoms with van der Waals surface area (Å²) >= 11 is 6.08. The Morgan fingerprint density at radius 1 is 1.24 bits per heavy atom. The molecule has 1 saturated carbocycles. The monoisotopic (exact) mass is 544 g/mol. The van der Waals surface area contributed by atoms with E-state index in [1.807, 2.05) is 12.1 Å². The van der Waals surface area contributed by atoms with Crippen LogP contribution in [0.15, 0.2) is 36.4 Å². The summed E-state index contributed by atoms with van der Waals surface area (Å²) in [4.78, 5) is 13.0. The smallest absolute Gasteiger partial charge is 0.270 e. The molecule has 0 unspecified atom stereocenters. The Hall–Kier alpha value is -2.62. The van der Waals surface area contributed by atoms with Crippen molar-refractivity contribution in [3.63, 3.8) is 0 Å². The first-order valence-corrected chi connectivity index (χ1v) is 14.9. The molecule has 8 nitrogen and oxygen atoms in total. The number of anilines is 1. The lowest BCUT2D eigenvalue weighted by atomic mass is 9.73. The number of carbonyl (C=O) groups excluding carboxylic acids is 1. The lowest BCUT2D eigenvalue weighted by Crippen LogP contribution is -2.49. The van der Waals surface area contributed by atoms with Crippen molar-refractivity contribution in [1.82, 2.24) is 15.1 Å². The number of ether oxygens (including phenoxy) is 1. The SMILES string of the molecule is CNC(=O)c1c2cc(C3CC3)c(N(CCC3(C(C)C)COC3)S(C)(=O)=O)cc2nn1-c1ccc(Cl)cc1. The van der Waals surface area contributed by atoms with E-state index in [9.17, 15) is 13.2 Å². The summed E-state index contributed by atoms with van der Waals surface area (Å²) in [6.07, 6.45) is 3.94. The highest BCUT2D eigenvalue weighted by molar-refractivity contribution is 7.92. The highest BCUT2D eigenvalue weighted by Crippen LogP contribution is 2.47. The lowest BCUT2D eigenvalue weighted by Gasteiger charge is -2.46. The van der Waals surface area contributed by atoms with Gasteiger partial charge in [0, 0.05) is 29.4 Å². The summed E-state index contributed by atoms with van der Waals surface area (Å²) in [5, 5.41) is 8.76. The molecule has 1 aromatic heterocycles. The van der Waals surface area contributed by atoms with Crippen LogP contribution < -0.4 is 9.62 Å². The molecule has 1 amide bonds. The van der Waals surface area contributed by atoms with E-state index in [1.165, 1.54) is 10.6 Å². The van der Waals surface area contributed by atoms with Crippen LogP contribution in [0.2, 0.25) is 5.02 Å². The first kappa shape index (κ1) is 26.0. The van der Waals surface area contributed by atoms with Gasteiger partial charge < -0.3 is 10.1 Å². The van der Waals surface area contributed by atoms with E-state index >= 15 is 0 Å². The number of benzene rings is 2. The van der Waals surface area contributed by atoms with Crippen molar-refractivity contribution < 1.29 is 17.9 Å². The van der Waals surface area contributed by atoms with Gasteiger partial charge in [0.15, 0.2) is 0 Å². The predicted octanol–water partition coefficient (Wildman–Crippen LogP) is 4.74. The van der Waals surface area contributed by atoms with Gasteiger partial charge in [-0.2, -0.15) is 5.10 Å². The largest absolute Gasteiger partial charge is 0.380 e. The third-order valence-corrected chi connectivity index (χ3v) is 9.27. The third kappa shape index (κ3) is 4.84. The van der Waals surface area contributed by atoms with Gasteiger partial charge in [-0.15, -0.1) is 0 Å². The van der Waals surface area contributed by atoms with Gasteiger partial charge in [-0.25, -0.2) is 13.1 Å². The van der Waals surface area contributed by atoms with Crippen molar-refractivity contribution >= 4 is 44.1 Å². The molecule has 5 rings (SSSR count). The van der Waals surface area contributed by atoms with Crippen molar-refractivity contribution in [2.45, 2.75) is 39.0 Å². The molecule has 2 heterocycles. The van der Waals surface area contributed by atoms with E-state index in [0.717, 1.165) is 18.4 Å². The number of hydrogen-bond acceptors (Lipinski definition) is 5. The predicted molar refractivity (Wildman–Crippen MR) is 146 cm³/mol. The van der Waals surface area contributed by atoms with Gasteiger partial charge in [0.05, 0.1) is 36.4 Å². The fraction of sp³-hybridized carbons (Fsp3) is 0.481. The Labute approximate surface area is 223 Å². The van der Waals surface area contributed by atoms with Crippen LogP contribution in [-0.2, 0) is 14.8 Å². The van der Waals surface area contributed by atoms with Gasteiger partial charge >= 0.3 is 0 Å². The van der Waals surface area contributed by atoms with Crippen LogP contribution in [-0.4, -0.2) is 57.2 Å². The van der Waals surface area contributed by atoms with E-state index in [-0.39, 0.29) is 17.2 Å². The zero-order valence-electron chi connectivity index (χ0n) is 21.6. The van der Waals surface area contributed by atoms with Crippen molar-refractivity contribution in [1.29, 1.82) is 0 Å². The molecule has 0 atom stereocenters. The molecule has 2 fully saturated rings. The average Bonchev–Trinajstić information content (AvgIpc) is 3.59. The van der Waals surface area contributed by atoms with Crippen molar-refractivity contribution in [3.8, 4) is 5.69 Å². The molecule has 1 aliphatic heterocycles. The Balaban J connectivity index is 1.65. The summed E-state index contributed by atoms with van der Waals surface area (Å²) in [5.41, 5.74) is 3.24. The zero-order valence-corrected chi connectivity index (χ0v) is 23.2. The molecule has 0 bridgehead atoms. The van der Waals surface area contributed by atoms with Gasteiger partial charge in [0.25, 0.3) is 5.91 Å². The maximum Gasteiger partial charge on any atom is 0.270 e. The third-order valence-electron chi connectivity index (χ3n) is 7.84. The van der Waals surface area contributed by atoms with Crippen LogP contribution in [0.25, 0.3) is 16.6 Å². The second-order valence-corrected chi connectivity index (χ2v) is 13.0.